The second kappa shape index (κ2) is 4.50. The Hall–Kier alpha value is -0.960. The zero-order chi connectivity index (χ0) is 11.7. The molecule has 2 N–H and O–H groups in total. The number of rotatable bonds is 2. The molecule has 1 aliphatic rings. The number of amides is 1. The van der Waals surface area contributed by atoms with E-state index in [1.807, 2.05) is 22.6 Å². The molecule has 7 heteroatoms. The lowest BCUT2D eigenvalue weighted by Gasteiger charge is -2.14. The van der Waals surface area contributed by atoms with Crippen molar-refractivity contribution in [3.05, 3.63) is 20.1 Å². The van der Waals surface area contributed by atoms with Crippen LogP contribution >= 0.6 is 22.6 Å². The molecule has 0 bridgehead atoms. The number of H-pyrrole nitrogens is 1. The van der Waals surface area contributed by atoms with E-state index in [4.69, 9.17) is 5.11 Å². The van der Waals surface area contributed by atoms with Crippen LogP contribution in [0.25, 0.3) is 0 Å². The van der Waals surface area contributed by atoms with Gasteiger partial charge in [-0.1, -0.05) is 0 Å². The van der Waals surface area contributed by atoms with Crippen molar-refractivity contribution < 1.29 is 9.90 Å². The topological polar surface area (TPSA) is 86.3 Å². The number of aromatic amines is 1. The van der Waals surface area contributed by atoms with E-state index in [0.29, 0.717) is 16.5 Å². The van der Waals surface area contributed by atoms with Crippen molar-refractivity contribution in [3.8, 4) is 0 Å². The number of nitrogens with one attached hydrogen (secondary N) is 1. The summed E-state index contributed by atoms with van der Waals surface area (Å²) in [7, 11) is 0. The Kier molecular flexibility index (Phi) is 3.24. The molecule has 0 spiro atoms. The monoisotopic (exact) mass is 335 g/mol. The minimum Gasteiger partial charge on any atom is -0.396 e. The highest BCUT2D eigenvalue weighted by atomic mass is 127. The Bertz CT molecular complexity index is 473. The van der Waals surface area contributed by atoms with E-state index in [2.05, 4.69) is 9.97 Å². The van der Waals surface area contributed by atoms with E-state index in [1.54, 1.807) is 0 Å². The Morgan fingerprint density at radius 1 is 1.62 bits per heavy atom. The number of carbonyl (C=O) groups is 1. The summed E-state index contributed by atoms with van der Waals surface area (Å²) in [6.07, 6.45) is 1.72. The van der Waals surface area contributed by atoms with E-state index in [-0.39, 0.29) is 29.9 Å². The molecule has 1 atom stereocenters. The normalized spacial score (nSPS) is 20.5. The molecular weight excluding hydrogens is 325 g/mol. The van der Waals surface area contributed by atoms with Crippen molar-refractivity contribution in [2.45, 2.75) is 6.42 Å². The van der Waals surface area contributed by atoms with Crippen LogP contribution in [0, 0.1) is 9.49 Å². The lowest BCUT2D eigenvalue weighted by molar-refractivity contribution is -0.117. The first kappa shape index (κ1) is 11.5. The van der Waals surface area contributed by atoms with Crippen LogP contribution in [0.3, 0.4) is 0 Å². The quantitative estimate of drug-likeness (QED) is 0.728. The third kappa shape index (κ3) is 2.09. The molecule has 1 unspecified atom stereocenters. The molecule has 0 saturated carbocycles. The van der Waals surface area contributed by atoms with E-state index < -0.39 is 0 Å². The van der Waals surface area contributed by atoms with E-state index >= 15 is 0 Å². The number of carbonyl (C=O) groups excluding carboxylic acids is 1. The zero-order valence-corrected chi connectivity index (χ0v) is 10.5. The van der Waals surface area contributed by atoms with Crippen LogP contribution in [-0.4, -0.2) is 34.1 Å². The predicted octanol–water partition coefficient (Wildman–Crippen LogP) is -0.280. The maximum absolute atomic E-state index is 11.6. The first-order valence-electron chi connectivity index (χ1n) is 4.78. The highest BCUT2D eigenvalue weighted by Crippen LogP contribution is 2.20. The summed E-state index contributed by atoms with van der Waals surface area (Å²) >= 11 is 1.87. The molecule has 0 radical (unpaired) electrons. The molecule has 6 nitrogen and oxygen atoms in total. The predicted molar refractivity (Wildman–Crippen MR) is 65.1 cm³/mol. The summed E-state index contributed by atoms with van der Waals surface area (Å²) in [5.74, 6) is 0.0619. The first-order valence-corrected chi connectivity index (χ1v) is 5.85. The maximum atomic E-state index is 11.6. The average molecular weight is 335 g/mol. The molecule has 1 aromatic rings. The van der Waals surface area contributed by atoms with Gasteiger partial charge in [0, 0.05) is 31.7 Å². The molecule has 1 saturated heterocycles. The zero-order valence-electron chi connectivity index (χ0n) is 8.31. The summed E-state index contributed by atoms with van der Waals surface area (Å²) in [4.78, 5) is 30.9. The van der Waals surface area contributed by atoms with Crippen LogP contribution in [-0.2, 0) is 4.79 Å². The summed E-state index contributed by atoms with van der Waals surface area (Å²) in [6, 6.07) is 0. The van der Waals surface area contributed by atoms with Gasteiger partial charge in [0.15, 0.2) is 0 Å². The minimum absolute atomic E-state index is 0.0309. The molecule has 1 amide bonds. The van der Waals surface area contributed by atoms with Crippen molar-refractivity contribution >= 4 is 34.4 Å². The third-order valence-electron chi connectivity index (χ3n) is 2.46. The van der Waals surface area contributed by atoms with Gasteiger partial charge in [0.2, 0.25) is 11.9 Å². The number of halogens is 1. The molecule has 2 rings (SSSR count). The van der Waals surface area contributed by atoms with Crippen molar-refractivity contribution in [2.24, 2.45) is 5.92 Å². The van der Waals surface area contributed by atoms with Crippen LogP contribution in [0.5, 0.6) is 0 Å². The second-order valence-corrected chi connectivity index (χ2v) is 4.80. The van der Waals surface area contributed by atoms with Gasteiger partial charge >= 0.3 is 0 Å². The van der Waals surface area contributed by atoms with Crippen molar-refractivity contribution in [1.29, 1.82) is 0 Å². The Balaban J connectivity index is 2.28. The van der Waals surface area contributed by atoms with Gasteiger partial charge in [0.25, 0.3) is 5.56 Å². The number of aliphatic hydroxyl groups is 1. The lowest BCUT2D eigenvalue weighted by atomic mass is 10.1. The number of hydrogen-bond acceptors (Lipinski definition) is 4. The van der Waals surface area contributed by atoms with Crippen molar-refractivity contribution in [3.63, 3.8) is 0 Å². The fourth-order valence-corrected chi connectivity index (χ4v) is 1.89. The van der Waals surface area contributed by atoms with Gasteiger partial charge in [-0.3, -0.25) is 19.5 Å². The second-order valence-electron chi connectivity index (χ2n) is 3.64. The maximum Gasteiger partial charge on any atom is 0.265 e. The number of nitrogens with zero attached hydrogens (tertiary/aromatic N) is 2. The molecule has 0 aliphatic carbocycles. The van der Waals surface area contributed by atoms with Gasteiger partial charge in [-0.25, -0.2) is 4.98 Å². The first-order chi connectivity index (χ1) is 7.61. The van der Waals surface area contributed by atoms with Gasteiger partial charge in [-0.05, 0) is 22.6 Å². The van der Waals surface area contributed by atoms with Crippen LogP contribution in [0.15, 0.2) is 11.0 Å². The average Bonchev–Trinajstić information content (AvgIpc) is 2.64. The van der Waals surface area contributed by atoms with Crippen LogP contribution in [0.2, 0.25) is 0 Å². The fraction of sp³-hybridized carbons (Fsp3) is 0.444. The molecule has 0 aromatic carbocycles. The molecular formula is C9H10IN3O3. The molecule has 1 aromatic heterocycles. The van der Waals surface area contributed by atoms with Crippen molar-refractivity contribution in [1.82, 2.24) is 9.97 Å². The molecule has 16 heavy (non-hydrogen) atoms. The highest BCUT2D eigenvalue weighted by molar-refractivity contribution is 14.1. The van der Waals surface area contributed by atoms with Crippen LogP contribution in [0.1, 0.15) is 6.42 Å². The molecule has 2 heterocycles. The summed E-state index contributed by atoms with van der Waals surface area (Å²) in [5.41, 5.74) is -0.258. The fourth-order valence-electron chi connectivity index (χ4n) is 1.62. The Morgan fingerprint density at radius 2 is 2.38 bits per heavy atom. The SMILES string of the molecule is O=C1CC(CO)CN1c1ncc(I)c(=O)[nH]1. The van der Waals surface area contributed by atoms with Gasteiger partial charge in [-0.15, -0.1) is 0 Å². The molecule has 86 valence electrons. The third-order valence-corrected chi connectivity index (χ3v) is 3.23. The van der Waals surface area contributed by atoms with Gasteiger partial charge in [-0.2, -0.15) is 0 Å². The largest absolute Gasteiger partial charge is 0.396 e. The summed E-state index contributed by atoms with van der Waals surface area (Å²) in [6.45, 7) is 0.371. The lowest BCUT2D eigenvalue weighted by Crippen LogP contribution is -2.29. The standard InChI is InChI=1S/C9H10IN3O3/c10-6-2-11-9(12-8(6)16)13-3-5(4-14)1-7(13)15/h2,5,14H,1,3-4H2,(H,11,12,16). The van der Waals surface area contributed by atoms with Crippen molar-refractivity contribution in [2.75, 3.05) is 18.1 Å². The molecule has 1 fully saturated rings. The number of aromatic nitrogens is 2. The van der Waals surface area contributed by atoms with E-state index in [0.717, 1.165) is 0 Å². The highest BCUT2D eigenvalue weighted by Gasteiger charge is 2.31. The van der Waals surface area contributed by atoms with Gasteiger partial charge in [0.1, 0.15) is 0 Å². The summed E-state index contributed by atoms with van der Waals surface area (Å²) in [5, 5.41) is 8.97. The van der Waals surface area contributed by atoms with Crippen LogP contribution < -0.4 is 10.5 Å². The number of hydrogen-bond donors (Lipinski definition) is 2. The Labute approximate surface area is 105 Å². The minimum atomic E-state index is -0.258. The Morgan fingerprint density at radius 3 is 2.94 bits per heavy atom. The van der Waals surface area contributed by atoms with Gasteiger partial charge in [0.05, 0.1) is 3.57 Å². The summed E-state index contributed by atoms with van der Waals surface area (Å²) < 4.78 is 0.478. The number of anilines is 1. The van der Waals surface area contributed by atoms with Gasteiger partial charge < -0.3 is 5.11 Å². The van der Waals surface area contributed by atoms with E-state index in [9.17, 15) is 9.59 Å². The number of aliphatic hydroxyl groups excluding tert-OH is 1. The van der Waals surface area contributed by atoms with Crippen LogP contribution in [0.4, 0.5) is 5.95 Å². The smallest absolute Gasteiger partial charge is 0.265 e. The van der Waals surface area contributed by atoms with E-state index in [1.165, 1.54) is 11.1 Å². The molecule has 1 aliphatic heterocycles.